The number of thioether (sulfide) groups is 2. The minimum atomic E-state index is -5.23. The van der Waals surface area contributed by atoms with Crippen LogP contribution in [0.1, 0.15) is 40.2 Å². The van der Waals surface area contributed by atoms with Crippen LogP contribution < -0.4 is 10.6 Å². The minimum absolute atomic E-state index is 0.0602. The van der Waals surface area contributed by atoms with Crippen LogP contribution in [0.25, 0.3) is 0 Å². The summed E-state index contributed by atoms with van der Waals surface area (Å²) in [6.07, 6.45) is -5.00. The van der Waals surface area contributed by atoms with Gasteiger partial charge in [-0.25, -0.2) is 14.6 Å². The van der Waals surface area contributed by atoms with E-state index in [9.17, 15) is 37.1 Å². The fourth-order valence-electron chi connectivity index (χ4n) is 6.63. The molecule has 2 atom stereocenters. The number of rotatable bonds is 16. The third-order valence-electron chi connectivity index (χ3n) is 9.51. The number of fused-ring (bicyclic) bond motifs is 1. The van der Waals surface area contributed by atoms with Gasteiger partial charge in [0.25, 0.3) is 11.8 Å². The van der Waals surface area contributed by atoms with Gasteiger partial charge in [0, 0.05) is 16.9 Å². The third-order valence-corrected chi connectivity index (χ3v) is 12.2. The zero-order chi connectivity index (χ0) is 44.5. The number of nitrogens with one attached hydrogen (secondary N) is 2. The summed E-state index contributed by atoms with van der Waals surface area (Å²) in [7, 11) is 0. The fraction of sp³-hybridized carbons (Fsp3) is 0.205. The number of halogens is 3. The van der Waals surface area contributed by atoms with Gasteiger partial charge in [-0.05, 0) is 34.1 Å². The van der Waals surface area contributed by atoms with Crippen LogP contribution in [0, 0.1) is 0 Å². The average molecular weight is 916 g/mol. The van der Waals surface area contributed by atoms with Crippen LogP contribution >= 0.6 is 34.9 Å². The first kappa shape index (κ1) is 44.6. The first-order valence-corrected chi connectivity index (χ1v) is 22.4. The molecule has 2 aliphatic rings. The number of thiazole rings is 1. The molecule has 5 aromatic rings. The maximum atomic E-state index is 14.2. The highest BCUT2D eigenvalue weighted by molar-refractivity contribution is 8.00. The first-order valence-electron chi connectivity index (χ1n) is 19.0. The largest absolute Gasteiger partial charge is 0.471 e. The number of oxime groups is 1. The van der Waals surface area contributed by atoms with E-state index in [1.807, 2.05) is 66.9 Å². The molecule has 13 nitrogen and oxygen atoms in total. The molecular formula is C44H36F3N5O8S3. The van der Waals surface area contributed by atoms with Gasteiger partial charge in [0.15, 0.2) is 23.1 Å². The number of aromatic nitrogens is 1. The lowest BCUT2D eigenvalue weighted by Crippen LogP contribution is -2.71. The van der Waals surface area contributed by atoms with Crippen LogP contribution in [-0.4, -0.2) is 87.2 Å². The monoisotopic (exact) mass is 915 g/mol. The number of ether oxygens (including phenoxy) is 2. The number of nitrogens with zero attached hydrogens (tertiary/aromatic N) is 3. The number of anilines is 1. The fourth-order valence-corrected chi connectivity index (χ4v) is 9.38. The second-order valence-corrected chi connectivity index (χ2v) is 16.6. The van der Waals surface area contributed by atoms with Crippen molar-refractivity contribution in [3.8, 4) is 0 Å². The molecule has 1 aromatic heterocycles. The van der Waals surface area contributed by atoms with E-state index in [4.69, 9.17) is 14.3 Å². The second-order valence-electron chi connectivity index (χ2n) is 13.7. The summed E-state index contributed by atoms with van der Waals surface area (Å²) in [6, 6.07) is 34.9. The van der Waals surface area contributed by atoms with Gasteiger partial charge in [0.2, 0.25) is 6.61 Å². The Morgan fingerprint density at radius 1 is 0.841 bits per heavy atom. The van der Waals surface area contributed by atoms with Gasteiger partial charge in [0.1, 0.15) is 22.8 Å². The molecule has 19 heteroatoms. The Kier molecular flexibility index (Phi) is 14.3. The van der Waals surface area contributed by atoms with E-state index in [-0.39, 0.29) is 11.4 Å². The summed E-state index contributed by atoms with van der Waals surface area (Å²) < 4.78 is 51.0. The number of amides is 3. The number of benzene rings is 4. The van der Waals surface area contributed by atoms with Gasteiger partial charge in [-0.3, -0.25) is 24.6 Å². The topological polar surface area (TPSA) is 166 Å². The van der Waals surface area contributed by atoms with Gasteiger partial charge in [-0.2, -0.15) is 24.9 Å². The van der Waals surface area contributed by atoms with Crippen molar-refractivity contribution in [3.05, 3.63) is 166 Å². The van der Waals surface area contributed by atoms with Crippen molar-refractivity contribution < 1.29 is 51.5 Å². The Hall–Kier alpha value is -6.44. The van der Waals surface area contributed by atoms with Gasteiger partial charge in [-0.15, -0.1) is 23.1 Å². The number of alkyl halides is 3. The third kappa shape index (κ3) is 10.6. The Morgan fingerprint density at radius 3 is 1.87 bits per heavy atom. The highest BCUT2D eigenvalue weighted by Gasteiger charge is 2.55. The highest BCUT2D eigenvalue weighted by Crippen LogP contribution is 2.42. The van der Waals surface area contributed by atoms with E-state index < -0.39 is 76.9 Å². The SMILES string of the molecule is CSCC1=C(C(=O)OC(c2ccccc2)c2ccccc2)N2C(=O)C(NC(=O)/C(=N/OCC(=O)OC(c3ccccc3)c3ccccc3)c3csc(NC(=O)C(F)(F)F)n3)[C@H]2SC1. The number of β-lactam (4-membered cyclic amide) rings is 1. The van der Waals surface area contributed by atoms with Crippen LogP contribution in [0.2, 0.25) is 0 Å². The summed E-state index contributed by atoms with van der Waals surface area (Å²) in [6.45, 7) is -0.815. The van der Waals surface area contributed by atoms with Crippen LogP contribution in [0.3, 0.4) is 0 Å². The van der Waals surface area contributed by atoms with Crippen LogP contribution in [0.4, 0.5) is 18.3 Å². The molecule has 7 rings (SSSR count). The zero-order valence-electron chi connectivity index (χ0n) is 33.0. The molecule has 0 saturated carbocycles. The molecular weight excluding hydrogens is 880 g/mol. The first-order chi connectivity index (χ1) is 30.4. The zero-order valence-corrected chi connectivity index (χ0v) is 35.5. The van der Waals surface area contributed by atoms with Crippen molar-refractivity contribution in [2.24, 2.45) is 5.16 Å². The predicted octanol–water partition coefficient (Wildman–Crippen LogP) is 7.05. The van der Waals surface area contributed by atoms with E-state index >= 15 is 0 Å². The summed E-state index contributed by atoms with van der Waals surface area (Å²) in [4.78, 5) is 77.5. The molecule has 3 amide bonds. The van der Waals surface area contributed by atoms with Crippen molar-refractivity contribution in [3.63, 3.8) is 0 Å². The maximum absolute atomic E-state index is 14.2. The number of esters is 2. The molecule has 3 heterocycles. The molecule has 0 aliphatic carbocycles. The molecule has 1 fully saturated rings. The Morgan fingerprint density at radius 2 is 1.37 bits per heavy atom. The maximum Gasteiger partial charge on any atom is 0.471 e. The molecule has 0 spiro atoms. The van der Waals surface area contributed by atoms with E-state index in [0.717, 1.165) is 5.38 Å². The van der Waals surface area contributed by atoms with E-state index in [2.05, 4.69) is 15.5 Å². The molecule has 1 unspecified atom stereocenters. The Balaban J connectivity index is 1.10. The molecule has 4 aromatic carbocycles. The lowest BCUT2D eigenvalue weighted by Gasteiger charge is -2.49. The van der Waals surface area contributed by atoms with E-state index in [1.54, 1.807) is 66.0 Å². The molecule has 0 radical (unpaired) electrons. The lowest BCUT2D eigenvalue weighted by molar-refractivity contribution is -0.167. The average Bonchev–Trinajstić information content (AvgIpc) is 3.76. The van der Waals surface area contributed by atoms with Crippen molar-refractivity contribution >= 4 is 75.4 Å². The van der Waals surface area contributed by atoms with Crippen LogP contribution in [0.15, 0.2) is 143 Å². The summed E-state index contributed by atoms with van der Waals surface area (Å²) in [5.41, 5.74) is 2.50. The van der Waals surface area contributed by atoms with Crippen molar-refractivity contribution in [2.75, 3.05) is 29.7 Å². The molecule has 0 bridgehead atoms. The number of hydrogen-bond donors (Lipinski definition) is 2. The number of hydrogen-bond acceptors (Lipinski definition) is 13. The van der Waals surface area contributed by atoms with E-state index in [0.29, 0.717) is 50.7 Å². The quantitative estimate of drug-likeness (QED) is 0.0451. The Labute approximate surface area is 371 Å². The van der Waals surface area contributed by atoms with Gasteiger partial charge >= 0.3 is 24.0 Å². The molecule has 324 valence electrons. The smallest absolute Gasteiger partial charge is 0.450 e. The summed E-state index contributed by atoms with van der Waals surface area (Å²) in [5.74, 6) is -4.88. The Bertz CT molecular complexity index is 2430. The van der Waals surface area contributed by atoms with E-state index in [1.165, 1.54) is 28.4 Å². The lowest BCUT2D eigenvalue weighted by atomic mass is 10.0. The van der Waals surface area contributed by atoms with Crippen LogP contribution in [-0.2, 0) is 38.3 Å². The minimum Gasteiger partial charge on any atom is -0.450 e. The van der Waals surface area contributed by atoms with Gasteiger partial charge < -0.3 is 19.6 Å². The van der Waals surface area contributed by atoms with Crippen molar-refractivity contribution in [2.45, 2.75) is 29.8 Å². The summed E-state index contributed by atoms with van der Waals surface area (Å²) in [5, 5.41) is 7.89. The molecule has 2 N–H and O–H groups in total. The standard InChI is InChI=1S/C44H36F3N5O8S3/c1-61-23-30-24-62-40-34(39(55)52(40)35(30)41(56)60-37(28-18-10-4-11-19-28)29-20-12-5-13-21-29)49-38(54)33(31-25-63-43(48-31)50-42(57)44(45,46)47)51-58-22-32(53)59-36(26-14-6-2-7-15-26)27-16-8-3-9-17-27/h2-21,25,34,36-37,40H,22-24H2,1H3,(H,49,54)(H,48,50,57)/b51-33+/t34?,40-/m1/s1. The van der Waals surface area contributed by atoms with Crippen LogP contribution in [0.5, 0.6) is 0 Å². The second kappa shape index (κ2) is 20.2. The number of carbonyl (C=O) groups is 5. The normalized spacial score (nSPS) is 16.3. The van der Waals surface area contributed by atoms with Gasteiger partial charge in [-0.1, -0.05) is 126 Å². The highest BCUT2D eigenvalue weighted by atomic mass is 32.2. The van der Waals surface area contributed by atoms with Crippen molar-refractivity contribution in [1.29, 1.82) is 0 Å². The predicted molar refractivity (Wildman–Crippen MR) is 231 cm³/mol. The molecule has 2 aliphatic heterocycles. The van der Waals surface area contributed by atoms with Gasteiger partial charge in [0.05, 0.1) is 0 Å². The summed E-state index contributed by atoms with van der Waals surface area (Å²) >= 11 is 3.32. The molecule has 1 saturated heterocycles. The van der Waals surface area contributed by atoms with Crippen molar-refractivity contribution in [1.82, 2.24) is 15.2 Å². The molecule has 63 heavy (non-hydrogen) atoms. The number of carbonyl (C=O) groups excluding carboxylic acids is 5.